The van der Waals surface area contributed by atoms with Crippen molar-refractivity contribution in [3.8, 4) is 0 Å². The fourth-order valence-electron chi connectivity index (χ4n) is 11.4. The van der Waals surface area contributed by atoms with E-state index in [1.807, 2.05) is 6.08 Å². The summed E-state index contributed by atoms with van der Waals surface area (Å²) in [6, 6.07) is 0. The van der Waals surface area contributed by atoms with Gasteiger partial charge in [0, 0.05) is 20.1 Å². The SMILES string of the molecule is CCC/C=C/C(=O)OCCC(C)(C)C[C@@H]1C([C@H](O)OC)[C@H](OC(C)=O)C[C@@]2(C)C3CCC4C(C)(C)[C@@H](O)CC[C@]4(C)C3CCC12. The van der Waals surface area contributed by atoms with Crippen molar-refractivity contribution in [2.75, 3.05) is 13.7 Å². The minimum absolute atomic E-state index is 0.0571. The zero-order valence-corrected chi connectivity index (χ0v) is 29.8. The lowest BCUT2D eigenvalue weighted by Gasteiger charge is -2.68. The summed E-state index contributed by atoms with van der Waals surface area (Å²) in [6.07, 6.45) is 12.1. The smallest absolute Gasteiger partial charge is 0.330 e. The lowest BCUT2D eigenvalue weighted by molar-refractivity contribution is -0.247. The third-order valence-corrected chi connectivity index (χ3v) is 13.6. The largest absolute Gasteiger partial charge is 0.463 e. The normalized spacial score (nSPS) is 40.2. The molecule has 11 atom stereocenters. The molecule has 4 aliphatic carbocycles. The molecule has 7 heteroatoms. The maximum absolute atomic E-state index is 12.5. The number of allylic oxidation sites excluding steroid dienone is 1. The van der Waals surface area contributed by atoms with E-state index in [1.165, 1.54) is 20.1 Å². The van der Waals surface area contributed by atoms with Gasteiger partial charge in [0.25, 0.3) is 0 Å². The topological polar surface area (TPSA) is 102 Å². The predicted molar refractivity (Wildman–Crippen MR) is 176 cm³/mol. The van der Waals surface area contributed by atoms with Crippen molar-refractivity contribution in [3.63, 3.8) is 0 Å². The zero-order valence-electron chi connectivity index (χ0n) is 29.8. The van der Waals surface area contributed by atoms with Gasteiger partial charge in [-0.15, -0.1) is 0 Å². The second-order valence-electron chi connectivity index (χ2n) is 17.1. The van der Waals surface area contributed by atoms with Crippen LogP contribution >= 0.6 is 0 Å². The summed E-state index contributed by atoms with van der Waals surface area (Å²) in [5, 5.41) is 22.4. The molecule has 45 heavy (non-hydrogen) atoms. The molecule has 5 unspecified atom stereocenters. The van der Waals surface area contributed by atoms with Gasteiger partial charge < -0.3 is 24.4 Å². The molecule has 0 amide bonds. The molecule has 4 rings (SSSR count). The predicted octanol–water partition coefficient (Wildman–Crippen LogP) is 7.47. The van der Waals surface area contributed by atoms with Crippen molar-refractivity contribution < 1.29 is 34.0 Å². The van der Waals surface area contributed by atoms with Crippen LogP contribution in [0.15, 0.2) is 12.2 Å². The first-order chi connectivity index (χ1) is 21.0. The Morgan fingerprint density at radius 1 is 1.00 bits per heavy atom. The van der Waals surface area contributed by atoms with E-state index in [4.69, 9.17) is 14.2 Å². The number of hydrogen-bond donors (Lipinski definition) is 2. The Bertz CT molecular complexity index is 1070. The van der Waals surface area contributed by atoms with Gasteiger partial charge in [0.15, 0.2) is 6.29 Å². The minimum atomic E-state index is -1.03. The summed E-state index contributed by atoms with van der Waals surface area (Å²) >= 11 is 0. The number of carbonyl (C=O) groups excluding carboxylic acids is 2. The molecule has 0 aliphatic heterocycles. The summed E-state index contributed by atoms with van der Waals surface area (Å²) in [6.45, 7) is 17.9. The van der Waals surface area contributed by atoms with Crippen molar-refractivity contribution in [2.45, 2.75) is 145 Å². The van der Waals surface area contributed by atoms with Crippen LogP contribution in [-0.2, 0) is 23.8 Å². The van der Waals surface area contributed by atoms with Crippen molar-refractivity contribution in [1.29, 1.82) is 0 Å². The molecular weight excluding hydrogens is 568 g/mol. The van der Waals surface area contributed by atoms with Crippen LogP contribution in [-0.4, -0.2) is 54.4 Å². The highest BCUT2D eigenvalue weighted by atomic mass is 16.6. The minimum Gasteiger partial charge on any atom is -0.463 e. The standard InChI is InChI=1S/C38H64O7/c1-10-11-12-13-32(41)44-21-20-35(3,4)22-25-26-14-15-27-28(16-17-30-36(5,6)31(40)18-19-37(27,30)7)38(26,8)23-29(45-24(2)39)33(25)34(42)43-9/h12-13,25-31,33-34,40,42H,10-11,14-23H2,1-9H3/b13-12+/t25-,26?,27?,28?,29+,30?,31-,33?,34+,37+,38+/m0/s1. The van der Waals surface area contributed by atoms with Crippen LogP contribution < -0.4 is 0 Å². The van der Waals surface area contributed by atoms with Crippen LogP contribution in [0.25, 0.3) is 0 Å². The molecule has 4 saturated carbocycles. The molecule has 4 fully saturated rings. The summed E-state index contributed by atoms with van der Waals surface area (Å²) < 4.78 is 17.3. The molecule has 0 aromatic carbocycles. The zero-order chi connectivity index (χ0) is 33.4. The van der Waals surface area contributed by atoms with E-state index in [1.54, 1.807) is 0 Å². The first-order valence-electron chi connectivity index (χ1n) is 17.9. The fourth-order valence-corrected chi connectivity index (χ4v) is 11.4. The van der Waals surface area contributed by atoms with Gasteiger partial charge in [-0.1, -0.05) is 61.0 Å². The number of rotatable bonds is 11. The van der Waals surface area contributed by atoms with Gasteiger partial charge in [-0.3, -0.25) is 4.79 Å². The quantitative estimate of drug-likeness (QED) is 0.138. The van der Waals surface area contributed by atoms with E-state index in [0.717, 1.165) is 64.2 Å². The molecular formula is C38H64O7. The highest BCUT2D eigenvalue weighted by Crippen LogP contribution is 2.70. The van der Waals surface area contributed by atoms with Gasteiger partial charge in [-0.25, -0.2) is 4.79 Å². The van der Waals surface area contributed by atoms with Crippen molar-refractivity contribution in [3.05, 3.63) is 12.2 Å². The molecule has 4 aliphatic rings. The number of ether oxygens (including phenoxy) is 3. The van der Waals surface area contributed by atoms with Crippen LogP contribution in [0.2, 0.25) is 0 Å². The maximum Gasteiger partial charge on any atom is 0.330 e. The lowest BCUT2D eigenvalue weighted by atomic mass is 9.37. The monoisotopic (exact) mass is 632 g/mol. The van der Waals surface area contributed by atoms with Crippen molar-refractivity contribution in [2.24, 2.45) is 57.2 Å². The lowest BCUT2D eigenvalue weighted by Crippen LogP contribution is -2.64. The molecule has 0 radical (unpaired) electrons. The van der Waals surface area contributed by atoms with Crippen molar-refractivity contribution >= 4 is 11.9 Å². The number of hydrogen-bond acceptors (Lipinski definition) is 7. The Kier molecular flexibility index (Phi) is 11.3. The number of unbranched alkanes of at least 4 members (excludes halogenated alkanes) is 1. The molecule has 0 heterocycles. The van der Waals surface area contributed by atoms with Crippen LogP contribution in [0.4, 0.5) is 0 Å². The molecule has 0 saturated heterocycles. The second-order valence-corrected chi connectivity index (χ2v) is 17.1. The van der Waals surface area contributed by atoms with E-state index < -0.39 is 12.4 Å². The third kappa shape index (κ3) is 7.21. The Balaban J connectivity index is 1.64. The summed E-state index contributed by atoms with van der Waals surface area (Å²) in [7, 11) is 1.54. The van der Waals surface area contributed by atoms with E-state index in [0.29, 0.717) is 36.7 Å². The number of aliphatic hydroxyl groups excluding tert-OH is 2. The molecule has 0 spiro atoms. The summed E-state index contributed by atoms with van der Waals surface area (Å²) in [5.41, 5.74) is -0.160. The first kappa shape index (κ1) is 36.4. The van der Waals surface area contributed by atoms with Gasteiger partial charge >= 0.3 is 11.9 Å². The average Bonchev–Trinajstić information content (AvgIpc) is 2.94. The first-order valence-corrected chi connectivity index (χ1v) is 17.9. The highest BCUT2D eigenvalue weighted by Gasteiger charge is 2.65. The Morgan fingerprint density at radius 3 is 2.29 bits per heavy atom. The molecule has 2 N–H and O–H groups in total. The number of aliphatic hydroxyl groups is 2. The number of carbonyl (C=O) groups is 2. The number of methoxy groups -OCH3 is 1. The van der Waals surface area contributed by atoms with Crippen molar-refractivity contribution in [1.82, 2.24) is 0 Å². The third-order valence-electron chi connectivity index (χ3n) is 13.6. The van der Waals surface area contributed by atoms with E-state index >= 15 is 0 Å². The van der Waals surface area contributed by atoms with Gasteiger partial charge in [-0.2, -0.15) is 0 Å². The second kappa shape index (κ2) is 14.0. The van der Waals surface area contributed by atoms with Crippen LogP contribution in [0.5, 0.6) is 0 Å². The fraction of sp³-hybridized carbons (Fsp3) is 0.895. The molecule has 0 bridgehead atoms. The van der Waals surface area contributed by atoms with Crippen LogP contribution in [0.1, 0.15) is 126 Å². The Labute approximate surface area is 273 Å². The molecule has 0 aromatic rings. The molecule has 7 nitrogen and oxygen atoms in total. The van der Waals surface area contributed by atoms with E-state index in [-0.39, 0.29) is 51.5 Å². The highest BCUT2D eigenvalue weighted by molar-refractivity contribution is 5.81. The number of esters is 2. The Hall–Kier alpha value is -1.44. The van der Waals surface area contributed by atoms with Crippen LogP contribution in [0.3, 0.4) is 0 Å². The summed E-state index contributed by atoms with van der Waals surface area (Å²) in [4.78, 5) is 24.8. The van der Waals surface area contributed by atoms with Crippen LogP contribution in [0, 0.1) is 57.2 Å². The van der Waals surface area contributed by atoms with Gasteiger partial charge in [0.1, 0.15) is 6.10 Å². The molecule has 258 valence electrons. The average molecular weight is 633 g/mol. The number of fused-ring (bicyclic) bond motifs is 5. The Morgan fingerprint density at radius 2 is 1.64 bits per heavy atom. The maximum atomic E-state index is 12.5. The summed E-state index contributed by atoms with van der Waals surface area (Å²) in [5.74, 6) is 1.01. The van der Waals surface area contributed by atoms with E-state index in [2.05, 4.69) is 48.5 Å². The van der Waals surface area contributed by atoms with Gasteiger partial charge in [0.2, 0.25) is 0 Å². The van der Waals surface area contributed by atoms with E-state index in [9.17, 15) is 19.8 Å². The molecule has 0 aromatic heterocycles. The van der Waals surface area contributed by atoms with Gasteiger partial charge in [-0.05, 0) is 115 Å². The van der Waals surface area contributed by atoms with Gasteiger partial charge in [0.05, 0.1) is 18.6 Å².